The minimum atomic E-state index is 0.0507. The topological polar surface area (TPSA) is 30.2 Å². The second kappa shape index (κ2) is 4.91. The van der Waals surface area contributed by atoms with Crippen LogP contribution in [0.5, 0.6) is 0 Å². The number of carbonyl (C=O) groups is 1. The molecule has 2 rings (SSSR count). The van der Waals surface area contributed by atoms with Gasteiger partial charge in [-0.2, -0.15) is 0 Å². The lowest BCUT2D eigenvalue weighted by Gasteiger charge is -2.27. The van der Waals surface area contributed by atoms with Gasteiger partial charge in [-0.1, -0.05) is 33.6 Å². The standard InChI is InChI=1S/C16H24O2/c1-5-6-7-8-13-11(2)15-12(17)9-16(3,4)10-14(15)18-13/h5-10H2,1-4H3. The Morgan fingerprint density at radius 2 is 1.94 bits per heavy atom. The summed E-state index contributed by atoms with van der Waals surface area (Å²) in [5.74, 6) is 2.24. The summed E-state index contributed by atoms with van der Waals surface area (Å²) in [6, 6.07) is 0. The van der Waals surface area contributed by atoms with Crippen LogP contribution in [0.25, 0.3) is 0 Å². The van der Waals surface area contributed by atoms with Gasteiger partial charge in [-0.05, 0) is 18.8 Å². The third-order valence-corrected chi connectivity index (χ3v) is 3.88. The van der Waals surface area contributed by atoms with Crippen molar-refractivity contribution in [2.45, 2.75) is 66.2 Å². The van der Waals surface area contributed by atoms with Gasteiger partial charge in [0, 0.05) is 24.8 Å². The summed E-state index contributed by atoms with van der Waals surface area (Å²) < 4.78 is 5.97. The van der Waals surface area contributed by atoms with Gasteiger partial charge >= 0.3 is 0 Å². The molecule has 1 aliphatic rings. The Morgan fingerprint density at radius 1 is 1.22 bits per heavy atom. The first kappa shape index (κ1) is 13.4. The summed E-state index contributed by atoms with van der Waals surface area (Å²) in [7, 11) is 0. The van der Waals surface area contributed by atoms with Gasteiger partial charge < -0.3 is 4.42 Å². The van der Waals surface area contributed by atoms with Crippen molar-refractivity contribution in [3.8, 4) is 0 Å². The average Bonchev–Trinajstić information content (AvgIpc) is 2.54. The lowest BCUT2D eigenvalue weighted by molar-refractivity contribution is 0.0903. The smallest absolute Gasteiger partial charge is 0.167 e. The van der Waals surface area contributed by atoms with E-state index in [2.05, 4.69) is 20.8 Å². The molecule has 0 amide bonds. The van der Waals surface area contributed by atoms with E-state index in [0.29, 0.717) is 6.42 Å². The number of fused-ring (bicyclic) bond motifs is 1. The van der Waals surface area contributed by atoms with Crippen LogP contribution in [0.3, 0.4) is 0 Å². The van der Waals surface area contributed by atoms with E-state index in [4.69, 9.17) is 4.42 Å². The Kier molecular flexibility index (Phi) is 3.65. The van der Waals surface area contributed by atoms with Crippen LogP contribution < -0.4 is 0 Å². The highest BCUT2D eigenvalue weighted by Crippen LogP contribution is 2.38. The first-order valence-corrected chi connectivity index (χ1v) is 7.09. The highest BCUT2D eigenvalue weighted by atomic mass is 16.3. The molecule has 2 nitrogen and oxygen atoms in total. The summed E-state index contributed by atoms with van der Waals surface area (Å²) >= 11 is 0. The third kappa shape index (κ3) is 2.52. The Bertz CT molecular complexity index is 452. The van der Waals surface area contributed by atoms with Gasteiger partial charge in [-0.3, -0.25) is 4.79 Å². The fraction of sp³-hybridized carbons (Fsp3) is 0.688. The molecule has 0 radical (unpaired) electrons. The van der Waals surface area contributed by atoms with Crippen LogP contribution in [0.2, 0.25) is 0 Å². The average molecular weight is 248 g/mol. The molecule has 0 fully saturated rings. The van der Waals surface area contributed by atoms with Crippen molar-refractivity contribution < 1.29 is 9.21 Å². The van der Waals surface area contributed by atoms with Crippen molar-refractivity contribution in [1.82, 2.24) is 0 Å². The number of rotatable bonds is 4. The molecule has 0 unspecified atom stereocenters. The number of furan rings is 1. The van der Waals surface area contributed by atoms with Gasteiger partial charge in [0.15, 0.2) is 5.78 Å². The van der Waals surface area contributed by atoms with Crippen LogP contribution in [0.4, 0.5) is 0 Å². The zero-order chi connectivity index (χ0) is 13.3. The number of Topliss-reactive ketones (excluding diaryl/α,β-unsaturated/α-hetero) is 1. The molecule has 0 saturated heterocycles. The molecule has 100 valence electrons. The highest BCUT2D eigenvalue weighted by Gasteiger charge is 2.35. The number of hydrogen-bond acceptors (Lipinski definition) is 2. The van der Waals surface area contributed by atoms with E-state index < -0.39 is 0 Å². The Hall–Kier alpha value is -1.05. The normalized spacial score (nSPS) is 17.9. The molecular weight excluding hydrogens is 224 g/mol. The van der Waals surface area contributed by atoms with Gasteiger partial charge in [0.25, 0.3) is 0 Å². The van der Waals surface area contributed by atoms with Gasteiger partial charge in [-0.25, -0.2) is 0 Å². The highest BCUT2D eigenvalue weighted by molar-refractivity contribution is 6.00. The van der Waals surface area contributed by atoms with Crippen LogP contribution in [-0.4, -0.2) is 5.78 Å². The van der Waals surface area contributed by atoms with Crippen LogP contribution in [-0.2, 0) is 12.8 Å². The molecule has 1 heterocycles. The molecular formula is C16H24O2. The maximum absolute atomic E-state index is 12.2. The van der Waals surface area contributed by atoms with E-state index in [9.17, 15) is 4.79 Å². The SMILES string of the molecule is CCCCCc1oc2c(c1C)C(=O)CC(C)(C)C2. The summed E-state index contributed by atoms with van der Waals surface area (Å²) in [6.07, 6.45) is 6.11. The van der Waals surface area contributed by atoms with Gasteiger partial charge in [0.1, 0.15) is 11.5 Å². The molecule has 2 heteroatoms. The zero-order valence-electron chi connectivity index (χ0n) is 12.1. The quantitative estimate of drug-likeness (QED) is 0.736. The summed E-state index contributed by atoms with van der Waals surface area (Å²) in [4.78, 5) is 12.2. The minimum absolute atomic E-state index is 0.0507. The number of ketones is 1. The van der Waals surface area contributed by atoms with Crippen molar-refractivity contribution in [3.05, 3.63) is 22.6 Å². The van der Waals surface area contributed by atoms with E-state index in [1.807, 2.05) is 6.92 Å². The lowest BCUT2D eigenvalue weighted by atomic mass is 9.76. The fourth-order valence-electron chi connectivity index (χ4n) is 2.91. The molecule has 0 aliphatic heterocycles. The molecule has 0 N–H and O–H groups in total. The molecule has 0 bridgehead atoms. The lowest BCUT2D eigenvalue weighted by Crippen LogP contribution is -2.26. The second-order valence-electron chi connectivity index (χ2n) is 6.35. The first-order valence-electron chi connectivity index (χ1n) is 7.09. The van der Waals surface area contributed by atoms with E-state index in [1.165, 1.54) is 12.8 Å². The molecule has 0 saturated carbocycles. The Morgan fingerprint density at radius 3 is 2.61 bits per heavy atom. The van der Waals surface area contributed by atoms with Crippen molar-refractivity contribution in [2.75, 3.05) is 0 Å². The van der Waals surface area contributed by atoms with Crippen molar-refractivity contribution in [2.24, 2.45) is 5.41 Å². The Balaban J connectivity index is 2.25. The molecule has 1 aliphatic carbocycles. The predicted octanol–water partition coefficient (Wildman–Crippen LogP) is 4.48. The van der Waals surface area contributed by atoms with Crippen LogP contribution >= 0.6 is 0 Å². The molecule has 0 aromatic carbocycles. The largest absolute Gasteiger partial charge is 0.465 e. The van der Waals surface area contributed by atoms with Gasteiger partial charge in [0.05, 0.1) is 5.56 Å². The molecule has 18 heavy (non-hydrogen) atoms. The molecule has 0 atom stereocenters. The maximum atomic E-state index is 12.2. The second-order valence-corrected chi connectivity index (χ2v) is 6.35. The number of aryl methyl sites for hydroxylation is 1. The summed E-state index contributed by atoms with van der Waals surface area (Å²) in [5.41, 5.74) is 2.04. The monoisotopic (exact) mass is 248 g/mol. The van der Waals surface area contributed by atoms with Crippen molar-refractivity contribution in [1.29, 1.82) is 0 Å². The Labute approximate surface area is 110 Å². The zero-order valence-corrected chi connectivity index (χ0v) is 12.1. The van der Waals surface area contributed by atoms with Crippen molar-refractivity contribution >= 4 is 5.78 Å². The van der Waals surface area contributed by atoms with Crippen LogP contribution in [0.1, 0.15) is 73.9 Å². The van der Waals surface area contributed by atoms with Crippen molar-refractivity contribution in [3.63, 3.8) is 0 Å². The fourth-order valence-corrected chi connectivity index (χ4v) is 2.91. The van der Waals surface area contributed by atoms with Gasteiger partial charge in [0.2, 0.25) is 0 Å². The number of carbonyl (C=O) groups excluding carboxylic acids is 1. The molecule has 0 spiro atoms. The summed E-state index contributed by atoms with van der Waals surface area (Å²) in [6.45, 7) is 8.52. The van der Waals surface area contributed by atoms with E-state index >= 15 is 0 Å². The third-order valence-electron chi connectivity index (χ3n) is 3.88. The van der Waals surface area contributed by atoms with E-state index in [0.717, 1.165) is 41.9 Å². The molecule has 1 aromatic rings. The van der Waals surface area contributed by atoms with Crippen LogP contribution in [0, 0.1) is 12.3 Å². The molecule has 1 aromatic heterocycles. The van der Waals surface area contributed by atoms with Crippen LogP contribution in [0.15, 0.2) is 4.42 Å². The first-order chi connectivity index (χ1) is 8.44. The number of hydrogen-bond donors (Lipinski definition) is 0. The predicted molar refractivity (Wildman–Crippen MR) is 73.1 cm³/mol. The van der Waals surface area contributed by atoms with Gasteiger partial charge in [-0.15, -0.1) is 0 Å². The minimum Gasteiger partial charge on any atom is -0.465 e. The summed E-state index contributed by atoms with van der Waals surface area (Å²) in [5, 5.41) is 0. The maximum Gasteiger partial charge on any atom is 0.167 e. The number of unbranched alkanes of at least 4 members (excludes halogenated alkanes) is 2. The van der Waals surface area contributed by atoms with E-state index in [1.54, 1.807) is 0 Å². The van der Waals surface area contributed by atoms with E-state index in [-0.39, 0.29) is 11.2 Å².